The van der Waals surface area contributed by atoms with Crippen LogP contribution in [0.4, 0.5) is 0 Å². The highest BCUT2D eigenvalue weighted by atomic mass is 31.1. The van der Waals surface area contributed by atoms with Gasteiger partial charge in [-0.15, -0.1) is 0 Å². The van der Waals surface area contributed by atoms with Gasteiger partial charge in [0.1, 0.15) is 6.61 Å². The molecule has 0 unspecified atom stereocenters. The minimum atomic E-state index is -0.697. The second kappa shape index (κ2) is 10.7. The van der Waals surface area contributed by atoms with Crippen molar-refractivity contribution in [3.8, 4) is 0 Å². The molecule has 0 aromatic heterocycles. The van der Waals surface area contributed by atoms with Crippen molar-refractivity contribution < 1.29 is 4.74 Å². The molecule has 0 amide bonds. The minimum absolute atomic E-state index is 0.00854. The summed E-state index contributed by atoms with van der Waals surface area (Å²) in [5, 5.41) is 4.33. The summed E-state index contributed by atoms with van der Waals surface area (Å²) < 4.78 is 6.41. The summed E-state index contributed by atoms with van der Waals surface area (Å²) in [6.45, 7) is 0.649. The Morgan fingerprint density at radius 3 is 1.90 bits per heavy atom. The monoisotopic (exact) mass is 563 g/mol. The third-order valence-electron chi connectivity index (χ3n) is 9.41. The van der Waals surface area contributed by atoms with Gasteiger partial charge in [0, 0.05) is 11.0 Å². The predicted octanol–water partition coefficient (Wildman–Crippen LogP) is 7.01. The largest absolute Gasteiger partial charge is 0.475 e. The molecule has 0 radical (unpaired) electrons. The first-order valence-electron chi connectivity index (χ1n) is 15.2. The molecule has 3 heteroatoms. The van der Waals surface area contributed by atoms with Crippen molar-refractivity contribution in [2.24, 2.45) is 4.99 Å². The van der Waals surface area contributed by atoms with E-state index in [1.54, 1.807) is 5.56 Å². The molecule has 0 bridgehead atoms. The number of hydrogen-bond donors (Lipinski definition) is 0. The molecule has 1 aliphatic heterocycles. The molecule has 1 heterocycles. The number of hydrogen-bond acceptors (Lipinski definition) is 2. The number of aliphatic imine (C=N–C) groups is 1. The maximum Gasteiger partial charge on any atom is 0.216 e. The summed E-state index contributed by atoms with van der Waals surface area (Å²) in [5.41, 5.74) is 8.57. The molecule has 2 aliphatic carbocycles. The van der Waals surface area contributed by atoms with Crippen molar-refractivity contribution in [2.45, 2.75) is 43.6 Å². The van der Waals surface area contributed by atoms with E-state index in [0.29, 0.717) is 6.61 Å². The fourth-order valence-corrected chi connectivity index (χ4v) is 10.3. The molecule has 3 aliphatic rings. The van der Waals surface area contributed by atoms with Gasteiger partial charge in [0.2, 0.25) is 5.90 Å². The first-order valence-corrected chi connectivity index (χ1v) is 16.5. The lowest BCUT2D eigenvalue weighted by Gasteiger charge is -2.33. The summed E-state index contributed by atoms with van der Waals surface area (Å²) in [4.78, 5) is 5.19. The van der Waals surface area contributed by atoms with E-state index in [1.165, 1.54) is 43.7 Å². The molecule has 206 valence electrons. The second-order valence-electron chi connectivity index (χ2n) is 11.8. The van der Waals surface area contributed by atoms with Gasteiger partial charge in [-0.1, -0.05) is 121 Å². The molecule has 1 spiro atoms. The van der Waals surface area contributed by atoms with Gasteiger partial charge in [-0.05, 0) is 89.8 Å². The van der Waals surface area contributed by atoms with Crippen LogP contribution in [0.15, 0.2) is 132 Å². The van der Waals surface area contributed by atoms with Crippen LogP contribution in [-0.4, -0.2) is 18.5 Å². The van der Waals surface area contributed by atoms with Crippen LogP contribution in [0.1, 0.15) is 46.2 Å². The normalized spacial score (nSPS) is 20.4. The van der Waals surface area contributed by atoms with E-state index in [2.05, 4.69) is 127 Å². The van der Waals surface area contributed by atoms with Crippen LogP contribution in [0.5, 0.6) is 0 Å². The van der Waals surface area contributed by atoms with E-state index in [-0.39, 0.29) is 11.5 Å². The zero-order valence-corrected chi connectivity index (χ0v) is 24.6. The molecule has 8 rings (SSSR count). The lowest BCUT2D eigenvalue weighted by molar-refractivity contribution is 0.316. The molecular formula is C39H34NOP. The average molecular weight is 564 g/mol. The van der Waals surface area contributed by atoms with E-state index in [9.17, 15) is 0 Å². The van der Waals surface area contributed by atoms with Crippen LogP contribution < -0.4 is 15.9 Å². The smallest absolute Gasteiger partial charge is 0.216 e. The number of nitrogens with zero attached hydrogens (tertiary/aromatic N) is 1. The standard InChI is InChI=1S/C39H34NOP/c1-4-12-28(13-5-1)26-31-27-41-38(40-31)34-20-10-14-29-22-24-39(36(29)34)25-23-30-15-11-21-35(37(30)39)42(32-16-6-2-7-17-32)33-18-8-3-9-19-33/h1-21,31H,22-27H2/t31-,39+/m0/s1. The maximum atomic E-state index is 6.41. The lowest BCUT2D eigenvalue weighted by atomic mass is 9.74. The van der Waals surface area contributed by atoms with Gasteiger partial charge in [0.25, 0.3) is 0 Å². The highest BCUT2D eigenvalue weighted by Gasteiger charge is 2.49. The lowest BCUT2D eigenvalue weighted by Crippen LogP contribution is -2.32. The molecule has 42 heavy (non-hydrogen) atoms. The predicted molar refractivity (Wildman–Crippen MR) is 175 cm³/mol. The summed E-state index contributed by atoms with van der Waals surface area (Å²) in [7, 11) is -0.697. The highest BCUT2D eigenvalue weighted by molar-refractivity contribution is 7.79. The zero-order valence-electron chi connectivity index (χ0n) is 23.7. The molecule has 0 saturated heterocycles. The van der Waals surface area contributed by atoms with Crippen molar-refractivity contribution in [3.05, 3.63) is 161 Å². The SMILES string of the molecule is c1ccc(C[C@H]2COC(c3cccc4c3[C@@]3(CC4)CCc4cccc(P(c5ccccc5)c5ccccc5)c43)=N2)cc1. The minimum Gasteiger partial charge on any atom is -0.475 e. The van der Waals surface area contributed by atoms with Crippen molar-refractivity contribution in [2.75, 3.05) is 6.61 Å². The summed E-state index contributed by atoms with van der Waals surface area (Å²) >= 11 is 0. The van der Waals surface area contributed by atoms with Gasteiger partial charge >= 0.3 is 0 Å². The van der Waals surface area contributed by atoms with Crippen LogP contribution in [0, 0.1) is 0 Å². The molecular weight excluding hydrogens is 529 g/mol. The Morgan fingerprint density at radius 2 is 1.24 bits per heavy atom. The summed E-state index contributed by atoms with van der Waals surface area (Å²) in [6, 6.07) is 47.1. The fourth-order valence-electron chi connectivity index (χ4n) is 7.67. The van der Waals surface area contributed by atoms with Gasteiger partial charge in [0.15, 0.2) is 0 Å². The first kappa shape index (κ1) is 25.7. The van der Waals surface area contributed by atoms with Gasteiger partial charge in [-0.25, -0.2) is 4.99 Å². The molecule has 0 N–H and O–H groups in total. The van der Waals surface area contributed by atoms with E-state index in [4.69, 9.17) is 9.73 Å². The van der Waals surface area contributed by atoms with E-state index in [1.807, 2.05) is 0 Å². The van der Waals surface area contributed by atoms with Gasteiger partial charge in [-0.3, -0.25) is 0 Å². The van der Waals surface area contributed by atoms with Gasteiger partial charge in [0.05, 0.1) is 6.04 Å². The molecule has 2 nitrogen and oxygen atoms in total. The van der Waals surface area contributed by atoms with Crippen LogP contribution in [0.25, 0.3) is 0 Å². The van der Waals surface area contributed by atoms with Crippen molar-refractivity contribution in [3.63, 3.8) is 0 Å². The Labute approximate surface area is 249 Å². The van der Waals surface area contributed by atoms with E-state index >= 15 is 0 Å². The zero-order chi connectivity index (χ0) is 27.9. The summed E-state index contributed by atoms with van der Waals surface area (Å²) in [6.07, 6.45) is 5.43. The number of ether oxygens (including phenoxy) is 1. The Balaban J connectivity index is 1.26. The van der Waals surface area contributed by atoms with Crippen molar-refractivity contribution in [1.82, 2.24) is 0 Å². The average Bonchev–Trinajstić information content (AvgIpc) is 3.78. The summed E-state index contributed by atoms with van der Waals surface area (Å²) in [5.74, 6) is 0.841. The Kier molecular flexibility index (Phi) is 6.53. The van der Waals surface area contributed by atoms with Crippen LogP contribution in [-0.2, 0) is 29.4 Å². The van der Waals surface area contributed by atoms with Crippen LogP contribution in [0.3, 0.4) is 0 Å². The third-order valence-corrected chi connectivity index (χ3v) is 11.9. The first-order chi connectivity index (χ1) is 20.8. The van der Waals surface area contributed by atoms with Crippen molar-refractivity contribution >= 4 is 29.7 Å². The molecule has 0 fully saturated rings. The quantitative estimate of drug-likeness (QED) is 0.204. The van der Waals surface area contributed by atoms with E-state index < -0.39 is 7.92 Å². The van der Waals surface area contributed by atoms with E-state index in [0.717, 1.165) is 38.0 Å². The Morgan fingerprint density at radius 1 is 0.643 bits per heavy atom. The fraction of sp³-hybridized carbons (Fsp3) is 0.205. The molecule has 5 aromatic rings. The van der Waals surface area contributed by atoms with Gasteiger partial charge in [-0.2, -0.15) is 0 Å². The third kappa shape index (κ3) is 4.32. The number of aryl methyl sites for hydroxylation is 2. The number of rotatable bonds is 6. The second-order valence-corrected chi connectivity index (χ2v) is 14.0. The Bertz CT molecular complexity index is 1720. The maximum absolute atomic E-state index is 6.41. The van der Waals surface area contributed by atoms with Gasteiger partial charge < -0.3 is 4.74 Å². The molecule has 5 aromatic carbocycles. The number of fused-ring (bicyclic) bond motifs is 4. The molecule has 2 atom stereocenters. The van der Waals surface area contributed by atoms with Crippen LogP contribution in [0.2, 0.25) is 0 Å². The van der Waals surface area contributed by atoms with Crippen molar-refractivity contribution in [1.29, 1.82) is 0 Å². The number of benzene rings is 5. The topological polar surface area (TPSA) is 21.6 Å². The molecule has 0 saturated carbocycles. The Hall–Kier alpha value is -4.00. The van der Waals surface area contributed by atoms with Crippen LogP contribution >= 0.6 is 7.92 Å². The highest BCUT2D eigenvalue weighted by Crippen LogP contribution is 2.55.